The summed E-state index contributed by atoms with van der Waals surface area (Å²) in [5.74, 6) is 1.19. The fraction of sp³-hybridized carbons (Fsp3) is 0.391. The SMILES string of the molecule is CCc1oc(C(=O)N(C)Cc2ccc3ccccc3n2)cc1CN(CC)CC. The summed E-state index contributed by atoms with van der Waals surface area (Å²) in [7, 11) is 1.79. The molecule has 0 fully saturated rings. The predicted octanol–water partition coefficient (Wildman–Crippen LogP) is 4.50. The molecule has 148 valence electrons. The Balaban J connectivity index is 1.75. The molecule has 0 aliphatic carbocycles. The number of carbonyl (C=O) groups excluding carboxylic acids is 1. The molecule has 1 aromatic carbocycles. The number of aryl methyl sites for hydroxylation is 1. The zero-order valence-corrected chi connectivity index (χ0v) is 17.2. The molecule has 0 saturated heterocycles. The van der Waals surface area contributed by atoms with Crippen LogP contribution in [0.2, 0.25) is 0 Å². The zero-order valence-electron chi connectivity index (χ0n) is 17.2. The van der Waals surface area contributed by atoms with Crippen LogP contribution in [0.25, 0.3) is 10.9 Å². The van der Waals surface area contributed by atoms with Gasteiger partial charge in [0, 0.05) is 31.0 Å². The van der Waals surface area contributed by atoms with Crippen LogP contribution >= 0.6 is 0 Å². The summed E-state index contributed by atoms with van der Waals surface area (Å²) in [5, 5.41) is 1.10. The maximum absolute atomic E-state index is 12.9. The van der Waals surface area contributed by atoms with Gasteiger partial charge in [0.05, 0.1) is 17.8 Å². The first-order valence-electron chi connectivity index (χ1n) is 9.99. The number of amides is 1. The number of nitrogens with zero attached hydrogens (tertiary/aromatic N) is 3. The second-order valence-corrected chi connectivity index (χ2v) is 7.03. The van der Waals surface area contributed by atoms with Crippen LogP contribution < -0.4 is 0 Å². The lowest BCUT2D eigenvalue weighted by molar-refractivity contribution is 0.0750. The number of fused-ring (bicyclic) bond motifs is 1. The zero-order chi connectivity index (χ0) is 20.1. The number of furan rings is 1. The van der Waals surface area contributed by atoms with Crippen molar-refractivity contribution in [1.29, 1.82) is 0 Å². The summed E-state index contributed by atoms with van der Waals surface area (Å²) in [4.78, 5) is 21.6. The van der Waals surface area contributed by atoms with Crippen molar-refractivity contribution in [3.8, 4) is 0 Å². The van der Waals surface area contributed by atoms with E-state index in [9.17, 15) is 4.79 Å². The summed E-state index contributed by atoms with van der Waals surface area (Å²) in [6.07, 6.45) is 0.778. The van der Waals surface area contributed by atoms with Gasteiger partial charge >= 0.3 is 0 Å². The first kappa shape index (κ1) is 20.1. The minimum absolute atomic E-state index is 0.115. The first-order chi connectivity index (χ1) is 13.5. The number of para-hydroxylation sites is 1. The fourth-order valence-electron chi connectivity index (χ4n) is 3.39. The largest absolute Gasteiger partial charge is 0.456 e. The number of hydrogen-bond donors (Lipinski definition) is 0. The van der Waals surface area contributed by atoms with Crippen molar-refractivity contribution >= 4 is 16.8 Å². The molecule has 0 N–H and O–H groups in total. The Morgan fingerprint density at radius 2 is 1.79 bits per heavy atom. The van der Waals surface area contributed by atoms with Crippen molar-refractivity contribution in [2.45, 2.75) is 40.3 Å². The average molecular weight is 380 g/mol. The van der Waals surface area contributed by atoms with Crippen molar-refractivity contribution in [1.82, 2.24) is 14.8 Å². The third-order valence-corrected chi connectivity index (χ3v) is 5.12. The van der Waals surface area contributed by atoms with Crippen LogP contribution in [-0.2, 0) is 19.5 Å². The van der Waals surface area contributed by atoms with Crippen molar-refractivity contribution in [3.63, 3.8) is 0 Å². The molecule has 1 amide bonds. The summed E-state index contributed by atoms with van der Waals surface area (Å²) in [5.41, 5.74) is 2.90. The monoisotopic (exact) mass is 379 g/mol. The highest BCUT2D eigenvalue weighted by Gasteiger charge is 2.20. The third kappa shape index (κ3) is 4.42. The van der Waals surface area contributed by atoms with Gasteiger partial charge in [-0.05, 0) is 31.3 Å². The standard InChI is InChI=1S/C23H29N3O2/c1-5-21-18(15-26(6-2)7-3)14-22(28-21)23(27)25(4)16-19-13-12-17-10-8-9-11-20(17)24-19/h8-14H,5-7,15-16H2,1-4H3. The second-order valence-electron chi connectivity index (χ2n) is 7.03. The van der Waals surface area contributed by atoms with Crippen LogP contribution in [0.15, 0.2) is 46.9 Å². The van der Waals surface area contributed by atoms with Gasteiger partial charge in [-0.2, -0.15) is 0 Å². The van der Waals surface area contributed by atoms with E-state index in [2.05, 4.69) is 30.7 Å². The van der Waals surface area contributed by atoms with Crippen LogP contribution in [0.1, 0.15) is 48.3 Å². The highest BCUT2D eigenvalue weighted by Crippen LogP contribution is 2.20. The molecule has 0 radical (unpaired) electrons. The van der Waals surface area contributed by atoms with E-state index in [0.717, 1.165) is 54.0 Å². The number of benzene rings is 1. The lowest BCUT2D eigenvalue weighted by Crippen LogP contribution is -2.26. The maximum Gasteiger partial charge on any atom is 0.289 e. The van der Waals surface area contributed by atoms with Crippen LogP contribution in [0.5, 0.6) is 0 Å². The van der Waals surface area contributed by atoms with Gasteiger partial charge < -0.3 is 9.32 Å². The topological polar surface area (TPSA) is 49.6 Å². The lowest BCUT2D eigenvalue weighted by Gasteiger charge is -2.17. The molecule has 0 atom stereocenters. The molecule has 0 bridgehead atoms. The Bertz CT molecular complexity index is 944. The minimum Gasteiger partial charge on any atom is -0.456 e. The molecule has 5 nitrogen and oxygen atoms in total. The smallest absolute Gasteiger partial charge is 0.289 e. The first-order valence-corrected chi connectivity index (χ1v) is 9.99. The van der Waals surface area contributed by atoms with Gasteiger partial charge in [-0.1, -0.05) is 45.0 Å². The van der Waals surface area contributed by atoms with E-state index >= 15 is 0 Å². The Hall–Kier alpha value is -2.66. The molecule has 0 spiro atoms. The Morgan fingerprint density at radius 1 is 1.04 bits per heavy atom. The average Bonchev–Trinajstić information content (AvgIpc) is 3.14. The molecule has 3 rings (SSSR count). The molecule has 0 aliphatic rings. The Kier molecular flexibility index (Phi) is 6.47. The van der Waals surface area contributed by atoms with E-state index in [0.29, 0.717) is 12.3 Å². The Morgan fingerprint density at radius 3 is 2.50 bits per heavy atom. The van der Waals surface area contributed by atoms with Crippen molar-refractivity contribution in [3.05, 3.63) is 65.2 Å². The molecular formula is C23H29N3O2. The van der Waals surface area contributed by atoms with Gasteiger partial charge in [0.15, 0.2) is 5.76 Å². The molecule has 28 heavy (non-hydrogen) atoms. The van der Waals surface area contributed by atoms with E-state index in [1.807, 2.05) is 42.5 Å². The Labute approximate surface area is 167 Å². The van der Waals surface area contributed by atoms with Crippen LogP contribution in [0.3, 0.4) is 0 Å². The molecule has 0 aliphatic heterocycles. The quantitative estimate of drug-likeness (QED) is 0.578. The van der Waals surface area contributed by atoms with Crippen molar-refractivity contribution in [2.75, 3.05) is 20.1 Å². The van der Waals surface area contributed by atoms with Crippen molar-refractivity contribution < 1.29 is 9.21 Å². The number of rotatable bonds is 8. The molecule has 2 heterocycles. The van der Waals surface area contributed by atoms with E-state index in [-0.39, 0.29) is 5.91 Å². The highest BCUT2D eigenvalue weighted by atomic mass is 16.4. The van der Waals surface area contributed by atoms with Crippen LogP contribution in [0, 0.1) is 0 Å². The van der Waals surface area contributed by atoms with Gasteiger partial charge in [-0.3, -0.25) is 14.7 Å². The normalized spacial score (nSPS) is 11.3. The minimum atomic E-state index is -0.115. The summed E-state index contributed by atoms with van der Waals surface area (Å²) in [6, 6.07) is 13.9. The molecule has 0 saturated carbocycles. The summed E-state index contributed by atoms with van der Waals surface area (Å²) in [6.45, 7) is 9.54. The predicted molar refractivity (Wildman–Crippen MR) is 112 cm³/mol. The summed E-state index contributed by atoms with van der Waals surface area (Å²) >= 11 is 0. The van der Waals surface area contributed by atoms with Gasteiger partial charge in [-0.25, -0.2) is 0 Å². The highest BCUT2D eigenvalue weighted by molar-refractivity contribution is 5.91. The van der Waals surface area contributed by atoms with E-state index in [1.54, 1.807) is 11.9 Å². The number of aromatic nitrogens is 1. The van der Waals surface area contributed by atoms with Gasteiger partial charge in [0.2, 0.25) is 0 Å². The van der Waals surface area contributed by atoms with Gasteiger partial charge in [0.1, 0.15) is 5.76 Å². The molecule has 2 aromatic heterocycles. The number of pyridine rings is 1. The van der Waals surface area contributed by atoms with Gasteiger partial charge in [0.25, 0.3) is 5.91 Å². The van der Waals surface area contributed by atoms with Gasteiger partial charge in [-0.15, -0.1) is 0 Å². The van der Waals surface area contributed by atoms with E-state index < -0.39 is 0 Å². The molecular weight excluding hydrogens is 350 g/mol. The van der Waals surface area contributed by atoms with E-state index in [4.69, 9.17) is 4.42 Å². The maximum atomic E-state index is 12.9. The second kappa shape index (κ2) is 9.02. The van der Waals surface area contributed by atoms with E-state index in [1.165, 1.54) is 0 Å². The lowest BCUT2D eigenvalue weighted by atomic mass is 10.2. The third-order valence-electron chi connectivity index (χ3n) is 5.12. The summed E-state index contributed by atoms with van der Waals surface area (Å²) < 4.78 is 5.91. The van der Waals surface area contributed by atoms with Crippen molar-refractivity contribution in [2.24, 2.45) is 0 Å². The van der Waals surface area contributed by atoms with Crippen LogP contribution in [-0.4, -0.2) is 40.8 Å². The van der Waals surface area contributed by atoms with Crippen LogP contribution in [0.4, 0.5) is 0 Å². The fourth-order valence-corrected chi connectivity index (χ4v) is 3.39. The number of hydrogen-bond acceptors (Lipinski definition) is 4. The molecule has 3 aromatic rings. The molecule has 5 heteroatoms. The molecule has 0 unspecified atom stereocenters. The number of carbonyl (C=O) groups is 1.